The number of carbonyl (C=O) groups is 2. The number of nitrogens with zero attached hydrogens (tertiary/aromatic N) is 1. The normalized spacial score (nSPS) is 18.0. The molecule has 0 N–H and O–H groups in total. The van der Waals surface area contributed by atoms with Gasteiger partial charge in [0.15, 0.2) is 5.78 Å². The average molecular weight is 389 g/mol. The second-order valence-corrected chi connectivity index (χ2v) is 8.39. The summed E-state index contributed by atoms with van der Waals surface area (Å²) in [5.41, 5.74) is 4.66. The molecule has 0 atom stereocenters. The third kappa shape index (κ3) is 3.98. The lowest BCUT2D eigenvalue weighted by atomic mass is 9.82. The molecule has 29 heavy (non-hydrogen) atoms. The van der Waals surface area contributed by atoms with Crippen molar-refractivity contribution in [3.8, 4) is 5.75 Å². The van der Waals surface area contributed by atoms with Crippen molar-refractivity contribution in [3.63, 3.8) is 0 Å². The Morgan fingerprint density at radius 2 is 1.69 bits per heavy atom. The van der Waals surface area contributed by atoms with Crippen molar-refractivity contribution < 1.29 is 14.3 Å². The average Bonchev–Trinajstić information content (AvgIpc) is 2.69. The standard InChI is InChI=1S/C25H27NO3/c1-17-4-6-20(7-5-17)8-9-24(28)26-12-10-25(11-13-26)16-22(27)21-14-18(2)19(3)15-23(21)29-25/h4-9,14-15H,10-13,16H2,1-3H3/b9-8+. The minimum Gasteiger partial charge on any atom is -0.486 e. The van der Waals surface area contributed by atoms with Crippen molar-refractivity contribution in [3.05, 3.63) is 70.3 Å². The fourth-order valence-electron chi connectivity index (χ4n) is 4.11. The van der Waals surface area contributed by atoms with E-state index in [4.69, 9.17) is 4.74 Å². The maximum atomic E-state index is 12.7. The molecule has 2 aliphatic heterocycles. The number of carbonyl (C=O) groups excluding carboxylic acids is 2. The highest BCUT2D eigenvalue weighted by atomic mass is 16.5. The Labute approximate surface area is 172 Å². The molecule has 4 heteroatoms. The van der Waals surface area contributed by atoms with Gasteiger partial charge in [-0.15, -0.1) is 0 Å². The molecule has 0 radical (unpaired) electrons. The molecule has 2 aliphatic rings. The maximum Gasteiger partial charge on any atom is 0.246 e. The van der Waals surface area contributed by atoms with E-state index in [1.54, 1.807) is 6.08 Å². The molecule has 0 aromatic heterocycles. The number of ketones is 1. The molecule has 1 fully saturated rings. The zero-order chi connectivity index (χ0) is 20.6. The number of fused-ring (bicyclic) bond motifs is 1. The molecular formula is C25H27NO3. The molecule has 0 bridgehead atoms. The third-order valence-electron chi connectivity index (χ3n) is 6.19. The minimum absolute atomic E-state index is 0.00873. The number of hydrogen-bond donors (Lipinski definition) is 0. The zero-order valence-corrected chi connectivity index (χ0v) is 17.3. The van der Waals surface area contributed by atoms with Crippen LogP contribution in [0.4, 0.5) is 0 Å². The van der Waals surface area contributed by atoms with Gasteiger partial charge in [-0.25, -0.2) is 0 Å². The summed E-state index contributed by atoms with van der Waals surface area (Å²) in [5, 5.41) is 0. The van der Waals surface area contributed by atoms with Crippen LogP contribution in [0.5, 0.6) is 5.75 Å². The van der Waals surface area contributed by atoms with Crippen molar-refractivity contribution in [1.29, 1.82) is 0 Å². The van der Waals surface area contributed by atoms with E-state index in [1.165, 1.54) is 5.56 Å². The van der Waals surface area contributed by atoms with Gasteiger partial charge in [-0.1, -0.05) is 29.8 Å². The second kappa shape index (κ2) is 7.51. The van der Waals surface area contributed by atoms with E-state index < -0.39 is 5.60 Å². The number of hydrogen-bond acceptors (Lipinski definition) is 3. The highest BCUT2D eigenvalue weighted by molar-refractivity contribution is 6.00. The molecule has 2 aromatic carbocycles. The molecule has 0 saturated carbocycles. The van der Waals surface area contributed by atoms with Gasteiger partial charge in [0.2, 0.25) is 5.91 Å². The monoisotopic (exact) mass is 389 g/mol. The highest BCUT2D eigenvalue weighted by Crippen LogP contribution is 2.40. The van der Waals surface area contributed by atoms with Crippen molar-refractivity contribution in [2.75, 3.05) is 13.1 Å². The number of Topliss-reactive ketones (excluding diaryl/α,β-unsaturated/α-hetero) is 1. The zero-order valence-electron chi connectivity index (χ0n) is 17.3. The summed E-state index contributed by atoms with van der Waals surface area (Å²) in [6, 6.07) is 12.0. The Balaban J connectivity index is 1.42. The number of rotatable bonds is 2. The first-order chi connectivity index (χ1) is 13.8. The Hall–Kier alpha value is -2.88. The van der Waals surface area contributed by atoms with Gasteiger partial charge >= 0.3 is 0 Å². The highest BCUT2D eigenvalue weighted by Gasteiger charge is 2.43. The lowest BCUT2D eigenvalue weighted by molar-refractivity contribution is -0.129. The van der Waals surface area contributed by atoms with Gasteiger partial charge in [-0.2, -0.15) is 0 Å². The van der Waals surface area contributed by atoms with Crippen LogP contribution in [0.15, 0.2) is 42.5 Å². The molecule has 4 nitrogen and oxygen atoms in total. The molecule has 0 aliphatic carbocycles. The Morgan fingerprint density at radius 3 is 2.38 bits per heavy atom. The van der Waals surface area contributed by atoms with Gasteiger partial charge in [-0.05, 0) is 55.7 Å². The van der Waals surface area contributed by atoms with Crippen molar-refractivity contribution >= 4 is 17.8 Å². The van der Waals surface area contributed by atoms with Crippen LogP contribution in [0, 0.1) is 20.8 Å². The van der Waals surface area contributed by atoms with Gasteiger partial charge in [-0.3, -0.25) is 9.59 Å². The van der Waals surface area contributed by atoms with Gasteiger partial charge in [0.05, 0.1) is 12.0 Å². The predicted octanol–water partition coefficient (Wildman–Crippen LogP) is 4.65. The first kappa shape index (κ1) is 19.4. The lowest BCUT2D eigenvalue weighted by Crippen LogP contribution is -2.52. The predicted molar refractivity (Wildman–Crippen MR) is 114 cm³/mol. The number of amides is 1. The van der Waals surface area contributed by atoms with Crippen LogP contribution in [0.1, 0.15) is 51.9 Å². The van der Waals surface area contributed by atoms with Crippen molar-refractivity contribution in [2.24, 2.45) is 0 Å². The summed E-state index contributed by atoms with van der Waals surface area (Å²) in [6.07, 6.45) is 5.24. The molecule has 0 unspecified atom stereocenters. The number of likely N-dealkylation sites (tertiary alicyclic amines) is 1. The quantitative estimate of drug-likeness (QED) is 0.703. The molecule has 4 rings (SSSR count). The summed E-state index contributed by atoms with van der Waals surface area (Å²) in [4.78, 5) is 27.2. The Bertz CT molecular complexity index is 980. The summed E-state index contributed by atoms with van der Waals surface area (Å²) in [5.74, 6) is 0.853. The van der Waals surface area contributed by atoms with E-state index in [9.17, 15) is 9.59 Å². The van der Waals surface area contributed by atoms with Crippen LogP contribution in [0.3, 0.4) is 0 Å². The first-order valence-corrected chi connectivity index (χ1v) is 10.2. The van der Waals surface area contributed by atoms with E-state index in [0.717, 1.165) is 16.7 Å². The molecule has 1 saturated heterocycles. The van der Waals surface area contributed by atoms with Gasteiger partial charge < -0.3 is 9.64 Å². The van der Waals surface area contributed by atoms with E-state index in [1.807, 2.05) is 68.1 Å². The van der Waals surface area contributed by atoms with Crippen LogP contribution in [0.2, 0.25) is 0 Å². The number of piperidine rings is 1. The van der Waals surface area contributed by atoms with Gasteiger partial charge in [0, 0.05) is 32.0 Å². The van der Waals surface area contributed by atoms with Gasteiger partial charge in [0.1, 0.15) is 11.4 Å². The fraction of sp³-hybridized carbons (Fsp3) is 0.360. The summed E-state index contributed by atoms with van der Waals surface area (Å²) < 4.78 is 6.36. The summed E-state index contributed by atoms with van der Waals surface area (Å²) in [6.45, 7) is 7.30. The molecule has 1 amide bonds. The molecule has 150 valence electrons. The van der Waals surface area contributed by atoms with E-state index in [0.29, 0.717) is 43.7 Å². The fourth-order valence-corrected chi connectivity index (χ4v) is 4.11. The number of aryl methyl sites for hydroxylation is 3. The Kier molecular flexibility index (Phi) is 5.03. The van der Waals surface area contributed by atoms with Crippen LogP contribution < -0.4 is 4.74 Å². The second-order valence-electron chi connectivity index (χ2n) is 8.39. The maximum absolute atomic E-state index is 12.7. The summed E-state index contributed by atoms with van der Waals surface area (Å²) >= 11 is 0. The topological polar surface area (TPSA) is 46.6 Å². The summed E-state index contributed by atoms with van der Waals surface area (Å²) in [7, 11) is 0. The first-order valence-electron chi connectivity index (χ1n) is 10.2. The molecule has 2 heterocycles. The number of benzene rings is 2. The Morgan fingerprint density at radius 1 is 1.03 bits per heavy atom. The van der Waals surface area contributed by atoms with Crippen LogP contribution in [0.25, 0.3) is 6.08 Å². The molecular weight excluding hydrogens is 362 g/mol. The van der Waals surface area contributed by atoms with Crippen molar-refractivity contribution in [1.82, 2.24) is 4.90 Å². The van der Waals surface area contributed by atoms with Crippen molar-refractivity contribution in [2.45, 2.75) is 45.6 Å². The van der Waals surface area contributed by atoms with E-state index >= 15 is 0 Å². The van der Waals surface area contributed by atoms with Crippen LogP contribution >= 0.6 is 0 Å². The largest absolute Gasteiger partial charge is 0.486 e. The van der Waals surface area contributed by atoms with E-state index in [2.05, 4.69) is 0 Å². The van der Waals surface area contributed by atoms with Crippen LogP contribution in [-0.4, -0.2) is 35.3 Å². The molecule has 2 aromatic rings. The minimum atomic E-state index is -0.483. The SMILES string of the molecule is Cc1ccc(/C=C/C(=O)N2CCC3(CC2)CC(=O)c2cc(C)c(C)cc2O3)cc1. The smallest absolute Gasteiger partial charge is 0.246 e. The van der Waals surface area contributed by atoms with E-state index in [-0.39, 0.29) is 11.7 Å². The number of ether oxygens (including phenoxy) is 1. The lowest BCUT2D eigenvalue weighted by Gasteiger charge is -2.44. The third-order valence-corrected chi connectivity index (χ3v) is 6.19. The van der Waals surface area contributed by atoms with Gasteiger partial charge in [0.25, 0.3) is 0 Å². The molecule has 1 spiro atoms. The van der Waals surface area contributed by atoms with Crippen LogP contribution in [-0.2, 0) is 4.79 Å².